The van der Waals surface area contributed by atoms with Gasteiger partial charge in [0, 0.05) is 12.6 Å². The molecule has 1 aromatic heterocycles. The molecule has 2 fully saturated rings. The van der Waals surface area contributed by atoms with Gasteiger partial charge in [0.2, 0.25) is 0 Å². The summed E-state index contributed by atoms with van der Waals surface area (Å²) >= 11 is 0. The van der Waals surface area contributed by atoms with Crippen LogP contribution in [0.25, 0.3) is 0 Å². The fraction of sp³-hybridized carbons (Fsp3) is 0.667. The van der Waals surface area contributed by atoms with Crippen molar-refractivity contribution in [1.82, 2.24) is 9.55 Å². The van der Waals surface area contributed by atoms with Crippen molar-refractivity contribution in [3.05, 3.63) is 22.7 Å². The van der Waals surface area contributed by atoms with Crippen LogP contribution in [0.15, 0.2) is 17.1 Å². The largest absolute Gasteiger partial charge is 0.756 e. The van der Waals surface area contributed by atoms with Crippen molar-refractivity contribution in [2.24, 2.45) is 0 Å². The van der Waals surface area contributed by atoms with Gasteiger partial charge in [-0.2, -0.15) is 4.98 Å². The molecular formula is C15H21N3O14P2-2. The van der Waals surface area contributed by atoms with Crippen LogP contribution in [0.3, 0.4) is 0 Å². The average Bonchev–Trinajstić information content (AvgIpc) is 2.98. The number of rotatable bonds is 8. The van der Waals surface area contributed by atoms with Gasteiger partial charge in [0.25, 0.3) is 15.6 Å². The number of nitrogens with two attached hydrogens (primary N) is 1. The van der Waals surface area contributed by atoms with Crippen molar-refractivity contribution in [3.63, 3.8) is 0 Å². The maximum Gasteiger partial charge on any atom is 0.351 e. The first-order valence-electron chi connectivity index (χ1n) is 9.58. The van der Waals surface area contributed by atoms with E-state index >= 15 is 0 Å². The summed E-state index contributed by atoms with van der Waals surface area (Å²) in [5.41, 5.74) is 4.44. The summed E-state index contributed by atoms with van der Waals surface area (Å²) in [6.07, 6.45) is -10.6. The van der Waals surface area contributed by atoms with Gasteiger partial charge in [-0.3, -0.25) is 23.0 Å². The molecule has 0 saturated carbocycles. The zero-order valence-electron chi connectivity index (χ0n) is 17.3. The van der Waals surface area contributed by atoms with Gasteiger partial charge in [-0.25, -0.2) is 9.11 Å². The summed E-state index contributed by atoms with van der Waals surface area (Å²) < 4.78 is 47.5. The molecule has 0 bridgehead atoms. The van der Waals surface area contributed by atoms with Crippen LogP contribution in [0.4, 0.5) is 5.82 Å². The molecule has 0 spiro atoms. The third-order valence-electron chi connectivity index (χ3n) is 4.81. The highest BCUT2D eigenvalue weighted by Crippen LogP contribution is 2.56. The second-order valence-corrected chi connectivity index (χ2v) is 10.3. The molecule has 2 aliphatic heterocycles. The molecule has 19 heteroatoms. The standard InChI is InChI=1S/C15H23N3O14P2/c1-6-7(19)4-8(20)14(29-6)31-34(26,27)32-33(24,25)28-5-9-11(21)12(22)13(30-9)18-3-2-10(16)17-15(18)23/h2-3,6,8-9,11-14,20-22H,4-5H2,1H3,(H,24,25)(H,26,27)(H2,16,17,23)/p-2. The van der Waals surface area contributed by atoms with Gasteiger partial charge in [-0.05, 0) is 13.0 Å². The molecule has 0 aromatic carbocycles. The molecular weight excluding hydrogens is 508 g/mol. The summed E-state index contributed by atoms with van der Waals surface area (Å²) in [6.45, 7) is 0.243. The number of phosphoric acid groups is 2. The number of phosphoric ester groups is 2. The normalized spacial score (nSPS) is 35.6. The lowest BCUT2D eigenvalue weighted by Gasteiger charge is -2.37. The summed E-state index contributed by atoms with van der Waals surface area (Å²) in [5.74, 6) is -0.644. The molecule has 9 atom stereocenters. The van der Waals surface area contributed by atoms with Crippen LogP contribution in [-0.2, 0) is 36.8 Å². The number of nitrogen functional groups attached to an aromatic ring is 1. The second kappa shape index (κ2) is 10.2. The van der Waals surface area contributed by atoms with E-state index < -0.39 is 83.2 Å². The Morgan fingerprint density at radius 3 is 2.53 bits per heavy atom. The van der Waals surface area contributed by atoms with E-state index in [1.165, 1.54) is 13.0 Å². The minimum Gasteiger partial charge on any atom is -0.756 e. The molecule has 192 valence electrons. The number of Topliss-reactive ketones (excluding diaryl/α,β-unsaturated/α-hetero) is 1. The number of hydrogen-bond donors (Lipinski definition) is 4. The molecule has 0 amide bonds. The summed E-state index contributed by atoms with van der Waals surface area (Å²) in [6, 6.07) is 1.21. The van der Waals surface area contributed by atoms with Crippen molar-refractivity contribution in [2.75, 3.05) is 12.3 Å². The van der Waals surface area contributed by atoms with Crippen molar-refractivity contribution < 1.29 is 61.9 Å². The molecule has 34 heavy (non-hydrogen) atoms. The van der Waals surface area contributed by atoms with Gasteiger partial charge < -0.3 is 44.8 Å². The van der Waals surface area contributed by atoms with Crippen LogP contribution in [0.1, 0.15) is 19.6 Å². The third-order valence-corrected chi connectivity index (χ3v) is 7.34. The van der Waals surface area contributed by atoms with Gasteiger partial charge in [0.05, 0.1) is 6.61 Å². The molecule has 0 aliphatic carbocycles. The number of anilines is 1. The highest BCUT2D eigenvalue weighted by molar-refractivity contribution is 7.59. The van der Waals surface area contributed by atoms with E-state index in [-0.39, 0.29) is 5.82 Å². The van der Waals surface area contributed by atoms with Crippen molar-refractivity contribution in [3.8, 4) is 0 Å². The number of aromatic nitrogens is 2. The quantitative estimate of drug-likeness (QED) is 0.238. The number of aliphatic hydroxyl groups is 3. The minimum absolute atomic E-state index is 0.116. The number of aliphatic hydroxyl groups excluding tert-OH is 3. The monoisotopic (exact) mass is 529 g/mol. The fourth-order valence-corrected chi connectivity index (χ4v) is 5.20. The topological polar surface area (TPSA) is 265 Å². The number of nitrogens with zero attached hydrogens (tertiary/aromatic N) is 2. The molecule has 2 aliphatic rings. The maximum absolute atomic E-state index is 12.0. The predicted molar refractivity (Wildman–Crippen MR) is 102 cm³/mol. The second-order valence-electron chi connectivity index (χ2n) is 7.35. The van der Waals surface area contributed by atoms with Gasteiger partial charge in [-0.15, -0.1) is 0 Å². The van der Waals surface area contributed by atoms with E-state index in [1.54, 1.807) is 0 Å². The molecule has 2 saturated heterocycles. The lowest BCUT2D eigenvalue weighted by atomic mass is 10.1. The number of ether oxygens (including phenoxy) is 2. The molecule has 9 unspecified atom stereocenters. The molecule has 3 heterocycles. The Morgan fingerprint density at radius 1 is 1.21 bits per heavy atom. The van der Waals surface area contributed by atoms with Crippen molar-refractivity contribution in [2.45, 2.75) is 56.4 Å². The molecule has 3 rings (SSSR count). The Morgan fingerprint density at radius 2 is 1.88 bits per heavy atom. The Bertz CT molecular complexity index is 1070. The summed E-state index contributed by atoms with van der Waals surface area (Å²) in [5, 5.41) is 29.9. The predicted octanol–water partition coefficient (Wildman–Crippen LogP) is -3.50. The van der Waals surface area contributed by atoms with Gasteiger partial charge in [-0.1, -0.05) is 0 Å². The first-order valence-corrected chi connectivity index (χ1v) is 12.5. The van der Waals surface area contributed by atoms with Crippen molar-refractivity contribution >= 4 is 27.2 Å². The van der Waals surface area contributed by atoms with E-state index in [0.29, 0.717) is 0 Å². The summed E-state index contributed by atoms with van der Waals surface area (Å²) in [7, 11) is -11.4. The first-order chi connectivity index (χ1) is 15.7. The highest BCUT2D eigenvalue weighted by atomic mass is 31.3. The fourth-order valence-electron chi connectivity index (χ4n) is 3.10. The SMILES string of the molecule is CC1OC(OP(=O)([O-])OP(=O)([O-])OCC2OC(n3ccc(N)nc3=O)C(O)C2O)C(O)CC1=O. The zero-order chi connectivity index (χ0) is 25.4. The van der Waals surface area contributed by atoms with Crippen LogP contribution in [0.5, 0.6) is 0 Å². The molecule has 17 nitrogen and oxygen atoms in total. The van der Waals surface area contributed by atoms with Crippen LogP contribution in [-0.4, -0.2) is 74.1 Å². The lowest BCUT2D eigenvalue weighted by Crippen LogP contribution is -2.45. The number of hydrogen-bond acceptors (Lipinski definition) is 16. The van der Waals surface area contributed by atoms with E-state index in [0.717, 1.165) is 10.8 Å². The Kier molecular flexibility index (Phi) is 8.09. The lowest BCUT2D eigenvalue weighted by molar-refractivity contribution is -0.269. The summed E-state index contributed by atoms with van der Waals surface area (Å²) in [4.78, 5) is 50.7. The first kappa shape index (κ1) is 27.0. The van der Waals surface area contributed by atoms with Gasteiger partial charge in [0.1, 0.15) is 36.3 Å². The van der Waals surface area contributed by atoms with E-state index in [1.807, 2.05) is 0 Å². The third kappa shape index (κ3) is 6.34. The maximum atomic E-state index is 12.0. The minimum atomic E-state index is -5.69. The number of carbonyl (C=O) groups excluding carboxylic acids is 1. The van der Waals surface area contributed by atoms with Gasteiger partial charge in [0.15, 0.2) is 18.3 Å². The smallest absolute Gasteiger partial charge is 0.351 e. The molecule has 1 aromatic rings. The Labute approximate surface area is 190 Å². The number of ketones is 1. The molecule has 5 N–H and O–H groups in total. The van der Waals surface area contributed by atoms with E-state index in [9.17, 15) is 43.8 Å². The molecule has 0 radical (unpaired) electrons. The van der Waals surface area contributed by atoms with Crippen LogP contribution < -0.4 is 21.2 Å². The van der Waals surface area contributed by atoms with E-state index in [2.05, 4.69) is 18.3 Å². The number of carbonyl (C=O) groups is 1. The Hall–Kier alpha value is -1.59. The van der Waals surface area contributed by atoms with E-state index in [4.69, 9.17) is 15.2 Å². The Balaban J connectivity index is 1.59. The van der Waals surface area contributed by atoms with Gasteiger partial charge >= 0.3 is 5.69 Å². The average molecular weight is 529 g/mol. The highest BCUT2D eigenvalue weighted by Gasteiger charge is 2.45. The van der Waals surface area contributed by atoms with Crippen LogP contribution >= 0.6 is 15.6 Å². The van der Waals surface area contributed by atoms with Crippen LogP contribution in [0, 0.1) is 0 Å². The van der Waals surface area contributed by atoms with Crippen molar-refractivity contribution in [1.29, 1.82) is 0 Å². The van der Waals surface area contributed by atoms with Crippen LogP contribution in [0.2, 0.25) is 0 Å². The zero-order valence-corrected chi connectivity index (χ0v) is 19.1.